The van der Waals surface area contributed by atoms with Gasteiger partial charge in [0, 0.05) is 11.6 Å². The summed E-state index contributed by atoms with van der Waals surface area (Å²) in [5.41, 5.74) is 0.788. The number of aliphatic carboxylic acids is 1. The van der Waals surface area contributed by atoms with Crippen LogP contribution in [0.3, 0.4) is 0 Å². The van der Waals surface area contributed by atoms with Gasteiger partial charge >= 0.3 is 5.97 Å². The van der Waals surface area contributed by atoms with Crippen LogP contribution in [0.15, 0.2) is 40.9 Å². The van der Waals surface area contributed by atoms with Gasteiger partial charge in [-0.15, -0.1) is 6.42 Å². The Hall–Kier alpha value is -3.07. The van der Waals surface area contributed by atoms with Crippen LogP contribution in [0.2, 0.25) is 0 Å². The van der Waals surface area contributed by atoms with Gasteiger partial charge in [0.15, 0.2) is 11.5 Å². The maximum atomic E-state index is 12.2. The molecule has 0 fully saturated rings. The molecule has 0 saturated heterocycles. The Morgan fingerprint density at radius 3 is 2.67 bits per heavy atom. The highest BCUT2D eigenvalue weighted by atomic mass is 16.5. The van der Waals surface area contributed by atoms with Crippen molar-refractivity contribution in [2.45, 2.75) is 0 Å². The second-order valence-corrected chi connectivity index (χ2v) is 4.20. The Balaban J connectivity index is 2.22. The lowest BCUT2D eigenvalue weighted by Gasteiger charge is -2.15. The molecular formula is C15H12N2O4. The summed E-state index contributed by atoms with van der Waals surface area (Å²) >= 11 is 0. The third-order valence-corrected chi connectivity index (χ3v) is 2.68. The van der Waals surface area contributed by atoms with Crippen molar-refractivity contribution >= 4 is 11.9 Å². The number of carboxylic acids is 1. The molecule has 0 aliphatic carbocycles. The van der Waals surface area contributed by atoms with Gasteiger partial charge in [0.05, 0.1) is 6.54 Å². The molecule has 0 aliphatic heterocycles. The van der Waals surface area contributed by atoms with Crippen LogP contribution in [0.1, 0.15) is 10.5 Å². The fraction of sp³-hybridized carbons (Fsp3) is 0.133. The number of hydrogen-bond donors (Lipinski definition) is 1. The molecule has 1 heterocycles. The van der Waals surface area contributed by atoms with Gasteiger partial charge in [-0.05, 0) is 0 Å². The van der Waals surface area contributed by atoms with E-state index < -0.39 is 18.4 Å². The molecule has 0 aliphatic rings. The zero-order valence-electron chi connectivity index (χ0n) is 11.0. The number of amides is 1. The molecule has 106 valence electrons. The van der Waals surface area contributed by atoms with Crippen molar-refractivity contribution in [1.82, 2.24) is 10.1 Å². The van der Waals surface area contributed by atoms with Crippen molar-refractivity contribution in [2.24, 2.45) is 0 Å². The molecule has 6 heteroatoms. The van der Waals surface area contributed by atoms with E-state index >= 15 is 0 Å². The maximum absolute atomic E-state index is 12.2. The summed E-state index contributed by atoms with van der Waals surface area (Å²) in [4.78, 5) is 23.9. The molecule has 1 aromatic carbocycles. The molecule has 0 unspecified atom stereocenters. The standard InChI is InChI=1S/C15H12N2O4/c1-2-8-17(10-14(18)19)15(20)12-9-13(21-16-12)11-6-4-3-5-7-11/h1,3-7,9H,8,10H2,(H,18,19). The van der Waals surface area contributed by atoms with E-state index in [2.05, 4.69) is 11.1 Å². The number of terminal acetylenes is 1. The van der Waals surface area contributed by atoms with E-state index in [0.717, 1.165) is 10.5 Å². The summed E-state index contributed by atoms with van der Waals surface area (Å²) in [6.45, 7) is -0.602. The minimum absolute atomic E-state index is 0.0188. The quantitative estimate of drug-likeness (QED) is 0.841. The third-order valence-electron chi connectivity index (χ3n) is 2.68. The molecule has 1 N–H and O–H groups in total. The third kappa shape index (κ3) is 3.48. The van der Waals surface area contributed by atoms with E-state index in [-0.39, 0.29) is 12.2 Å². The van der Waals surface area contributed by atoms with Crippen LogP contribution in [0.4, 0.5) is 0 Å². The second-order valence-electron chi connectivity index (χ2n) is 4.20. The van der Waals surface area contributed by atoms with Crippen LogP contribution >= 0.6 is 0 Å². The van der Waals surface area contributed by atoms with Crippen LogP contribution in [-0.4, -0.2) is 40.1 Å². The van der Waals surface area contributed by atoms with Crippen molar-refractivity contribution in [3.63, 3.8) is 0 Å². The molecule has 1 amide bonds. The first-order chi connectivity index (χ1) is 10.1. The Labute approximate surface area is 121 Å². The Kier molecular flexibility index (Phi) is 4.36. The smallest absolute Gasteiger partial charge is 0.323 e. The molecule has 0 saturated carbocycles. The van der Waals surface area contributed by atoms with Crippen LogP contribution in [-0.2, 0) is 4.79 Å². The van der Waals surface area contributed by atoms with Crippen LogP contribution in [0.5, 0.6) is 0 Å². The van der Waals surface area contributed by atoms with Crippen molar-refractivity contribution in [3.05, 3.63) is 42.1 Å². The van der Waals surface area contributed by atoms with Gasteiger partial charge in [-0.25, -0.2) is 0 Å². The number of nitrogens with zero attached hydrogens (tertiary/aromatic N) is 2. The highest BCUT2D eigenvalue weighted by Gasteiger charge is 2.21. The predicted molar refractivity (Wildman–Crippen MR) is 74.3 cm³/mol. The summed E-state index contributed by atoms with van der Waals surface area (Å²) in [6, 6.07) is 10.6. The number of carboxylic acid groups (broad SMARTS) is 1. The predicted octanol–water partition coefficient (Wildman–Crippen LogP) is 1.50. The zero-order valence-corrected chi connectivity index (χ0v) is 11.0. The summed E-state index contributed by atoms with van der Waals surface area (Å²) in [7, 11) is 0. The van der Waals surface area contributed by atoms with Gasteiger partial charge in [-0.3, -0.25) is 9.59 Å². The van der Waals surface area contributed by atoms with Crippen LogP contribution in [0, 0.1) is 12.3 Å². The number of benzene rings is 1. The normalized spacial score (nSPS) is 9.86. The molecule has 6 nitrogen and oxygen atoms in total. The average Bonchev–Trinajstić information content (AvgIpc) is 2.96. The SMILES string of the molecule is C#CCN(CC(=O)O)C(=O)c1cc(-c2ccccc2)on1. The van der Waals surface area contributed by atoms with E-state index in [1.54, 1.807) is 0 Å². The second kappa shape index (κ2) is 6.39. The minimum atomic E-state index is -1.15. The summed E-state index contributed by atoms with van der Waals surface area (Å²) in [6.07, 6.45) is 5.14. The van der Waals surface area contributed by atoms with E-state index in [0.29, 0.717) is 5.76 Å². The Morgan fingerprint density at radius 2 is 2.05 bits per heavy atom. The van der Waals surface area contributed by atoms with Crippen molar-refractivity contribution in [3.8, 4) is 23.7 Å². The first-order valence-corrected chi connectivity index (χ1v) is 6.08. The van der Waals surface area contributed by atoms with Crippen LogP contribution < -0.4 is 0 Å². The largest absolute Gasteiger partial charge is 0.480 e. The lowest BCUT2D eigenvalue weighted by molar-refractivity contribution is -0.137. The topological polar surface area (TPSA) is 83.6 Å². The molecule has 0 bridgehead atoms. The molecule has 2 rings (SSSR count). The van der Waals surface area contributed by atoms with Gasteiger partial charge in [-0.2, -0.15) is 0 Å². The average molecular weight is 284 g/mol. The van der Waals surface area contributed by atoms with E-state index in [1.165, 1.54) is 6.07 Å². The number of hydrogen-bond acceptors (Lipinski definition) is 4. The van der Waals surface area contributed by atoms with E-state index in [9.17, 15) is 9.59 Å². The van der Waals surface area contributed by atoms with Gasteiger partial charge in [0.25, 0.3) is 5.91 Å². The van der Waals surface area contributed by atoms with Crippen molar-refractivity contribution in [1.29, 1.82) is 0 Å². The molecule has 0 spiro atoms. The Morgan fingerprint density at radius 1 is 1.33 bits per heavy atom. The van der Waals surface area contributed by atoms with E-state index in [4.69, 9.17) is 16.1 Å². The highest BCUT2D eigenvalue weighted by molar-refractivity contribution is 5.95. The van der Waals surface area contributed by atoms with Crippen molar-refractivity contribution in [2.75, 3.05) is 13.1 Å². The lowest BCUT2D eigenvalue weighted by Crippen LogP contribution is -2.36. The van der Waals surface area contributed by atoms with E-state index in [1.807, 2.05) is 30.3 Å². The molecular weight excluding hydrogens is 272 g/mol. The Bertz CT molecular complexity index is 685. The first-order valence-electron chi connectivity index (χ1n) is 6.08. The fourth-order valence-electron chi connectivity index (χ4n) is 1.75. The van der Waals surface area contributed by atoms with Gasteiger partial charge < -0.3 is 14.5 Å². The highest BCUT2D eigenvalue weighted by Crippen LogP contribution is 2.20. The minimum Gasteiger partial charge on any atom is -0.480 e. The van der Waals surface area contributed by atoms with Gasteiger partial charge in [0.1, 0.15) is 6.54 Å². The molecule has 0 radical (unpaired) electrons. The lowest BCUT2D eigenvalue weighted by atomic mass is 10.1. The summed E-state index contributed by atoms with van der Waals surface area (Å²) < 4.78 is 5.11. The number of carbonyl (C=O) groups is 2. The monoisotopic (exact) mass is 284 g/mol. The number of aromatic nitrogens is 1. The van der Waals surface area contributed by atoms with Gasteiger partial charge in [0.2, 0.25) is 0 Å². The first kappa shape index (κ1) is 14.3. The zero-order chi connectivity index (χ0) is 15.2. The molecule has 1 aromatic heterocycles. The van der Waals surface area contributed by atoms with Crippen molar-refractivity contribution < 1.29 is 19.2 Å². The number of carbonyl (C=O) groups excluding carboxylic acids is 1. The summed E-state index contributed by atoms with van der Waals surface area (Å²) in [5, 5.41) is 12.5. The number of rotatable bonds is 5. The van der Waals surface area contributed by atoms with Crippen LogP contribution in [0.25, 0.3) is 11.3 Å². The molecule has 2 aromatic rings. The molecule has 0 atom stereocenters. The molecule has 21 heavy (non-hydrogen) atoms. The maximum Gasteiger partial charge on any atom is 0.323 e. The fourth-order valence-corrected chi connectivity index (χ4v) is 1.75. The van der Waals surface area contributed by atoms with Gasteiger partial charge in [-0.1, -0.05) is 41.4 Å². The summed E-state index contributed by atoms with van der Waals surface area (Å²) in [5.74, 6) is 0.942.